The Morgan fingerprint density at radius 3 is 1.92 bits per heavy atom. The van der Waals surface area contributed by atoms with Crippen molar-refractivity contribution >= 4 is 6.21 Å². The van der Waals surface area contributed by atoms with Gasteiger partial charge in [0.1, 0.15) is 5.75 Å². The summed E-state index contributed by atoms with van der Waals surface area (Å²) in [6.07, 6.45) is 7.06. The summed E-state index contributed by atoms with van der Waals surface area (Å²) in [5, 5.41) is 0. The molecule has 1 aliphatic rings. The molecule has 0 aromatic heterocycles. The van der Waals surface area contributed by atoms with Gasteiger partial charge in [-0.05, 0) is 78.7 Å². The van der Waals surface area contributed by atoms with Gasteiger partial charge >= 0.3 is 0 Å². The summed E-state index contributed by atoms with van der Waals surface area (Å²) in [7, 11) is 0. The van der Waals surface area contributed by atoms with Crippen molar-refractivity contribution < 1.29 is 4.74 Å². The number of nitrogens with zero attached hydrogens (tertiary/aromatic N) is 1. The minimum atomic E-state index is 0.101. The molecule has 1 aliphatic carbocycles. The van der Waals surface area contributed by atoms with Gasteiger partial charge < -0.3 is 4.74 Å². The number of rotatable bonds is 7. The highest BCUT2D eigenvalue weighted by molar-refractivity contribution is 5.92. The zero-order valence-corrected chi connectivity index (χ0v) is 23.0. The van der Waals surface area contributed by atoms with E-state index in [0.29, 0.717) is 17.4 Å². The first-order chi connectivity index (χ1) is 17.2. The second kappa shape index (κ2) is 11.5. The van der Waals surface area contributed by atoms with E-state index < -0.39 is 0 Å². The third-order valence-corrected chi connectivity index (χ3v) is 7.90. The molecule has 1 fully saturated rings. The lowest BCUT2D eigenvalue weighted by Crippen LogP contribution is -2.27. The first-order valence-corrected chi connectivity index (χ1v) is 13.7. The van der Waals surface area contributed by atoms with Gasteiger partial charge in [-0.15, -0.1) is 0 Å². The second-order valence-electron chi connectivity index (χ2n) is 11.9. The van der Waals surface area contributed by atoms with E-state index in [0.717, 1.165) is 22.8 Å². The molecule has 2 heteroatoms. The maximum absolute atomic E-state index is 6.69. The molecule has 0 bridgehead atoms. The van der Waals surface area contributed by atoms with E-state index in [9.17, 15) is 0 Å². The van der Waals surface area contributed by atoms with Crippen molar-refractivity contribution in [3.05, 3.63) is 78.4 Å². The van der Waals surface area contributed by atoms with Crippen LogP contribution in [0.4, 0.5) is 0 Å². The first-order valence-electron chi connectivity index (χ1n) is 13.7. The fourth-order valence-electron chi connectivity index (χ4n) is 5.11. The summed E-state index contributed by atoms with van der Waals surface area (Å²) in [6.45, 7) is 13.7. The summed E-state index contributed by atoms with van der Waals surface area (Å²) >= 11 is 0. The molecule has 0 N–H and O–H groups in total. The molecule has 0 spiro atoms. The van der Waals surface area contributed by atoms with Crippen LogP contribution >= 0.6 is 0 Å². The quantitative estimate of drug-likeness (QED) is 0.308. The lowest BCUT2D eigenvalue weighted by molar-refractivity contribution is 0.170. The number of ether oxygens (including phenoxy) is 1. The normalized spacial score (nSPS) is 19.5. The number of aliphatic imine (C=N–C) groups is 1. The van der Waals surface area contributed by atoms with Crippen LogP contribution in [-0.4, -0.2) is 18.4 Å². The van der Waals surface area contributed by atoms with Crippen molar-refractivity contribution in [1.82, 2.24) is 0 Å². The van der Waals surface area contributed by atoms with Crippen LogP contribution in [0.1, 0.15) is 72.8 Å². The SMILES string of the molecule is CC(C)C(C)Oc1c(/C=N/C2CCC(C(C)(C)C)CC2)cc(-c2ccccc2)cc1-c1ccccc1. The third-order valence-electron chi connectivity index (χ3n) is 7.90. The smallest absolute Gasteiger partial charge is 0.136 e. The van der Waals surface area contributed by atoms with Crippen LogP contribution in [0.2, 0.25) is 0 Å². The lowest BCUT2D eigenvalue weighted by atomic mass is 9.71. The molecule has 36 heavy (non-hydrogen) atoms. The zero-order valence-electron chi connectivity index (χ0n) is 23.0. The van der Waals surface area contributed by atoms with Crippen molar-refractivity contribution in [2.45, 2.75) is 79.4 Å². The molecule has 3 aromatic rings. The van der Waals surface area contributed by atoms with E-state index >= 15 is 0 Å². The number of hydrogen-bond acceptors (Lipinski definition) is 2. The highest BCUT2D eigenvalue weighted by atomic mass is 16.5. The Labute approximate surface area is 218 Å². The Bertz CT molecular complexity index is 1130. The maximum Gasteiger partial charge on any atom is 0.136 e. The van der Waals surface area contributed by atoms with Crippen molar-refractivity contribution in [3.8, 4) is 28.0 Å². The molecular weight excluding hydrogens is 438 g/mol. The molecule has 0 radical (unpaired) electrons. The molecule has 0 amide bonds. The largest absolute Gasteiger partial charge is 0.489 e. The van der Waals surface area contributed by atoms with Crippen molar-refractivity contribution in [3.63, 3.8) is 0 Å². The summed E-state index contributed by atoms with van der Waals surface area (Å²) in [6, 6.07) is 26.2. The molecule has 1 unspecified atom stereocenters. The topological polar surface area (TPSA) is 21.6 Å². The molecule has 2 nitrogen and oxygen atoms in total. The Morgan fingerprint density at radius 1 is 0.778 bits per heavy atom. The Hall–Kier alpha value is -2.87. The predicted octanol–water partition coefficient (Wildman–Crippen LogP) is 9.47. The lowest BCUT2D eigenvalue weighted by Gasteiger charge is -2.35. The van der Waals surface area contributed by atoms with Gasteiger partial charge in [-0.2, -0.15) is 0 Å². The minimum absolute atomic E-state index is 0.101. The summed E-state index contributed by atoms with van der Waals surface area (Å²) in [5.41, 5.74) is 6.15. The van der Waals surface area contributed by atoms with Gasteiger partial charge in [-0.3, -0.25) is 4.99 Å². The molecule has 190 valence electrons. The maximum atomic E-state index is 6.69. The fraction of sp³-hybridized carbons (Fsp3) is 0.441. The van der Waals surface area contributed by atoms with E-state index in [1.165, 1.54) is 42.4 Å². The van der Waals surface area contributed by atoms with Crippen LogP contribution < -0.4 is 4.74 Å². The first kappa shape index (κ1) is 26.2. The molecule has 0 aliphatic heterocycles. The Kier molecular flexibility index (Phi) is 8.34. The third kappa shape index (κ3) is 6.46. The zero-order chi connectivity index (χ0) is 25.7. The van der Waals surface area contributed by atoms with Gasteiger partial charge in [0.15, 0.2) is 0 Å². The number of benzene rings is 3. The second-order valence-corrected chi connectivity index (χ2v) is 11.9. The van der Waals surface area contributed by atoms with Gasteiger partial charge in [-0.25, -0.2) is 0 Å². The van der Waals surface area contributed by atoms with Crippen LogP contribution in [0.3, 0.4) is 0 Å². The van der Waals surface area contributed by atoms with Crippen LogP contribution in [-0.2, 0) is 0 Å². The van der Waals surface area contributed by atoms with E-state index in [1.807, 2.05) is 0 Å². The van der Waals surface area contributed by atoms with E-state index in [1.54, 1.807) is 0 Å². The van der Waals surface area contributed by atoms with E-state index in [4.69, 9.17) is 9.73 Å². The van der Waals surface area contributed by atoms with Crippen LogP contribution in [0.25, 0.3) is 22.3 Å². The average Bonchev–Trinajstić information content (AvgIpc) is 2.88. The minimum Gasteiger partial charge on any atom is -0.489 e. The van der Waals surface area contributed by atoms with Gasteiger partial charge in [-0.1, -0.05) is 95.3 Å². The molecule has 0 saturated heterocycles. The van der Waals surface area contributed by atoms with Crippen LogP contribution in [0, 0.1) is 17.3 Å². The number of hydrogen-bond donors (Lipinski definition) is 0. The predicted molar refractivity (Wildman–Crippen MR) is 155 cm³/mol. The monoisotopic (exact) mass is 481 g/mol. The standard InChI is InChI=1S/C34H43NO/c1-24(2)25(3)36-33-29(23-35-31-19-17-30(18-20-31)34(4,5)6)21-28(26-13-9-7-10-14-26)22-32(33)27-15-11-8-12-16-27/h7-16,21-25,30-31H,17-20H2,1-6H3/b35-23+. The van der Waals surface area contributed by atoms with Crippen molar-refractivity contribution in [2.75, 3.05) is 0 Å². The van der Waals surface area contributed by atoms with E-state index in [2.05, 4.69) is 121 Å². The van der Waals surface area contributed by atoms with Crippen molar-refractivity contribution in [2.24, 2.45) is 22.2 Å². The fourth-order valence-corrected chi connectivity index (χ4v) is 5.11. The summed E-state index contributed by atoms with van der Waals surface area (Å²) in [5.74, 6) is 2.15. The van der Waals surface area contributed by atoms with Crippen molar-refractivity contribution in [1.29, 1.82) is 0 Å². The molecule has 0 heterocycles. The molecule has 1 saturated carbocycles. The highest BCUT2D eigenvalue weighted by Gasteiger charge is 2.29. The van der Waals surface area contributed by atoms with Gasteiger partial charge in [0.25, 0.3) is 0 Å². The molecule has 3 aromatic carbocycles. The molecule has 1 atom stereocenters. The van der Waals surface area contributed by atoms with Gasteiger partial charge in [0.05, 0.1) is 6.10 Å². The summed E-state index contributed by atoms with van der Waals surface area (Å²) in [4.78, 5) is 5.15. The Balaban J connectivity index is 1.76. The van der Waals surface area contributed by atoms with Gasteiger partial charge in [0, 0.05) is 23.4 Å². The van der Waals surface area contributed by atoms with Gasteiger partial charge in [0.2, 0.25) is 0 Å². The Morgan fingerprint density at radius 2 is 1.36 bits per heavy atom. The average molecular weight is 482 g/mol. The molecule has 4 rings (SSSR count). The van der Waals surface area contributed by atoms with Crippen LogP contribution in [0.5, 0.6) is 5.75 Å². The van der Waals surface area contributed by atoms with E-state index in [-0.39, 0.29) is 6.10 Å². The molecular formula is C34H43NO. The van der Waals surface area contributed by atoms with Crippen LogP contribution in [0.15, 0.2) is 77.8 Å². The summed E-state index contributed by atoms with van der Waals surface area (Å²) < 4.78 is 6.69. The highest BCUT2D eigenvalue weighted by Crippen LogP contribution is 2.40.